The van der Waals surface area contributed by atoms with Crippen molar-refractivity contribution in [2.45, 2.75) is 33.4 Å². The average molecular weight is 559 g/mol. The number of Topliss-reactive ketones (excluding diaryl/α,β-unsaturated/α-hetero) is 1. The first-order valence-electron chi connectivity index (χ1n) is 12.3. The number of alkyl halides is 3. The number of fused-ring (bicyclic) bond motifs is 1. The molecule has 5 rings (SSSR count). The normalized spacial score (nSPS) is 11.4. The second-order valence-corrected chi connectivity index (χ2v) is 9.31. The minimum atomic E-state index is -4.58. The number of aromatic nitrogens is 6. The Morgan fingerprint density at radius 3 is 2.41 bits per heavy atom. The number of nitriles is 1. The zero-order valence-corrected chi connectivity index (χ0v) is 22.0. The summed E-state index contributed by atoms with van der Waals surface area (Å²) in [6.07, 6.45) is -3.04. The lowest BCUT2D eigenvalue weighted by molar-refractivity contribution is -0.137. The number of carbonyl (C=O) groups is 2. The highest BCUT2D eigenvalue weighted by atomic mass is 19.4. The van der Waals surface area contributed by atoms with Crippen molar-refractivity contribution in [1.82, 2.24) is 29.4 Å². The Morgan fingerprint density at radius 1 is 1.05 bits per heavy atom. The standard InChI is InChI=1S/C28H21F3N8O2/c1-15(40)11-23-34-25(39(36-23)21-9-7-18(13-32)8-10-21)22-14-38-26(35-27(37-38)33-17(3)41)24(16(22)2)19-5-4-6-20(12-19)28(29,30)31/h4-10,12,14H,11H2,1-3H3,(H,33,37,41). The number of nitrogens with zero attached hydrogens (tertiary/aromatic N) is 7. The van der Waals surface area contributed by atoms with Crippen LogP contribution in [-0.4, -0.2) is 41.1 Å². The number of carbonyl (C=O) groups excluding carboxylic acids is 2. The smallest absolute Gasteiger partial charge is 0.300 e. The summed E-state index contributed by atoms with van der Waals surface area (Å²) >= 11 is 0. The molecule has 0 unspecified atom stereocenters. The van der Waals surface area contributed by atoms with E-state index in [0.29, 0.717) is 27.9 Å². The molecule has 0 fully saturated rings. The lowest BCUT2D eigenvalue weighted by atomic mass is 9.96. The molecule has 0 saturated carbocycles. The van der Waals surface area contributed by atoms with Crippen LogP contribution < -0.4 is 5.32 Å². The average Bonchev–Trinajstić information content (AvgIpc) is 3.50. The van der Waals surface area contributed by atoms with E-state index in [1.807, 2.05) is 0 Å². The van der Waals surface area contributed by atoms with Gasteiger partial charge in [0, 0.05) is 24.2 Å². The molecule has 1 amide bonds. The zero-order chi connectivity index (χ0) is 29.5. The highest BCUT2D eigenvalue weighted by molar-refractivity contribution is 5.89. The Labute approximate surface area is 231 Å². The molecule has 5 aromatic rings. The SMILES string of the molecule is CC(=O)Cc1nc(-c2cn3nc(NC(C)=O)nc3c(-c3cccc(C(F)(F)F)c3)c2C)n(-c2ccc(C#N)cc2)n1. The third-order valence-corrected chi connectivity index (χ3v) is 6.19. The quantitative estimate of drug-likeness (QED) is 0.313. The second kappa shape index (κ2) is 10.3. The monoisotopic (exact) mass is 558 g/mol. The van der Waals surface area contributed by atoms with Gasteiger partial charge in [-0.2, -0.15) is 28.5 Å². The van der Waals surface area contributed by atoms with Crippen molar-refractivity contribution in [3.8, 4) is 34.3 Å². The van der Waals surface area contributed by atoms with Gasteiger partial charge in [0.05, 0.1) is 29.3 Å². The number of ketones is 1. The molecule has 41 heavy (non-hydrogen) atoms. The predicted molar refractivity (Wildman–Crippen MR) is 142 cm³/mol. The van der Waals surface area contributed by atoms with E-state index in [1.165, 1.54) is 35.2 Å². The molecule has 2 aromatic carbocycles. The largest absolute Gasteiger partial charge is 0.416 e. The fourth-order valence-electron chi connectivity index (χ4n) is 4.42. The summed E-state index contributed by atoms with van der Waals surface area (Å²) in [4.78, 5) is 32.6. The minimum absolute atomic E-state index is 0.0342. The molecule has 3 aromatic heterocycles. The van der Waals surface area contributed by atoms with E-state index in [2.05, 4.69) is 31.6 Å². The number of nitrogens with one attached hydrogen (secondary N) is 1. The summed E-state index contributed by atoms with van der Waals surface area (Å²) in [5.41, 5.74) is 1.84. The van der Waals surface area contributed by atoms with Crippen LogP contribution in [0.25, 0.3) is 33.8 Å². The van der Waals surface area contributed by atoms with Gasteiger partial charge in [-0.05, 0) is 61.4 Å². The topological polar surface area (TPSA) is 131 Å². The molecule has 13 heteroatoms. The Morgan fingerprint density at radius 2 is 1.78 bits per heavy atom. The molecule has 0 aliphatic carbocycles. The number of anilines is 1. The Balaban J connectivity index is 1.81. The summed E-state index contributed by atoms with van der Waals surface area (Å²) in [5.74, 6) is -0.104. The molecule has 0 aliphatic rings. The maximum absolute atomic E-state index is 13.6. The van der Waals surface area contributed by atoms with Gasteiger partial charge in [0.1, 0.15) is 5.78 Å². The summed E-state index contributed by atoms with van der Waals surface area (Å²) in [5, 5.41) is 20.5. The number of hydrogen-bond acceptors (Lipinski definition) is 7. The van der Waals surface area contributed by atoms with Crippen LogP contribution in [-0.2, 0) is 22.2 Å². The first-order valence-corrected chi connectivity index (χ1v) is 12.3. The number of amides is 1. The highest BCUT2D eigenvalue weighted by Crippen LogP contribution is 2.38. The van der Waals surface area contributed by atoms with Crippen LogP contribution >= 0.6 is 0 Å². The summed E-state index contributed by atoms with van der Waals surface area (Å²) in [6, 6.07) is 13.4. The summed E-state index contributed by atoms with van der Waals surface area (Å²) in [6.45, 7) is 4.40. The van der Waals surface area contributed by atoms with Crippen LogP contribution in [0.2, 0.25) is 0 Å². The molecule has 0 atom stereocenters. The van der Waals surface area contributed by atoms with Crippen LogP contribution in [0.3, 0.4) is 0 Å². The van der Waals surface area contributed by atoms with Gasteiger partial charge >= 0.3 is 6.18 Å². The predicted octanol–water partition coefficient (Wildman–Crippen LogP) is 4.93. The first-order chi connectivity index (χ1) is 19.4. The molecule has 1 N–H and O–H groups in total. The highest BCUT2D eigenvalue weighted by Gasteiger charge is 2.31. The molecule has 10 nitrogen and oxygen atoms in total. The second-order valence-electron chi connectivity index (χ2n) is 9.31. The van der Waals surface area contributed by atoms with Gasteiger partial charge in [0.25, 0.3) is 0 Å². The van der Waals surface area contributed by atoms with Gasteiger partial charge in [-0.25, -0.2) is 14.2 Å². The molecule has 0 spiro atoms. The molecular formula is C28H21F3N8O2. The first kappa shape index (κ1) is 27.2. The number of rotatable bonds is 6. The Hall–Kier alpha value is -5.38. The number of hydrogen-bond donors (Lipinski definition) is 1. The van der Waals surface area contributed by atoms with Crippen molar-refractivity contribution in [1.29, 1.82) is 5.26 Å². The third kappa shape index (κ3) is 5.40. The van der Waals surface area contributed by atoms with Crippen molar-refractivity contribution < 1.29 is 22.8 Å². The molecule has 0 aliphatic heterocycles. The van der Waals surface area contributed by atoms with Gasteiger partial charge in [-0.1, -0.05) is 12.1 Å². The lowest BCUT2D eigenvalue weighted by Crippen LogP contribution is -2.07. The molecule has 0 bridgehead atoms. The van der Waals surface area contributed by atoms with E-state index in [9.17, 15) is 28.0 Å². The van der Waals surface area contributed by atoms with Crippen molar-refractivity contribution in [3.63, 3.8) is 0 Å². The van der Waals surface area contributed by atoms with Gasteiger partial charge in [-0.15, -0.1) is 5.10 Å². The number of halogens is 3. The van der Waals surface area contributed by atoms with Gasteiger partial charge in [-0.3, -0.25) is 14.9 Å². The van der Waals surface area contributed by atoms with Gasteiger partial charge < -0.3 is 0 Å². The summed E-state index contributed by atoms with van der Waals surface area (Å²) < 4.78 is 43.8. The maximum Gasteiger partial charge on any atom is 0.416 e. The molecule has 0 radical (unpaired) electrons. The number of benzene rings is 2. The molecule has 3 heterocycles. The lowest BCUT2D eigenvalue weighted by Gasteiger charge is -2.15. The van der Waals surface area contributed by atoms with Crippen molar-refractivity contribution in [3.05, 3.63) is 77.2 Å². The van der Waals surface area contributed by atoms with Gasteiger partial charge in [0.2, 0.25) is 11.9 Å². The minimum Gasteiger partial charge on any atom is -0.300 e. The van der Waals surface area contributed by atoms with E-state index < -0.39 is 17.6 Å². The van der Waals surface area contributed by atoms with E-state index in [0.717, 1.165) is 12.1 Å². The van der Waals surface area contributed by atoms with Crippen LogP contribution in [0, 0.1) is 18.3 Å². The fourth-order valence-corrected chi connectivity index (χ4v) is 4.42. The van der Waals surface area contributed by atoms with Crippen molar-refractivity contribution in [2.75, 3.05) is 5.32 Å². The zero-order valence-electron chi connectivity index (χ0n) is 22.0. The van der Waals surface area contributed by atoms with Crippen LogP contribution in [0.15, 0.2) is 54.7 Å². The number of pyridine rings is 1. The van der Waals surface area contributed by atoms with Crippen LogP contribution in [0.1, 0.15) is 36.4 Å². The van der Waals surface area contributed by atoms with E-state index in [1.54, 1.807) is 37.4 Å². The van der Waals surface area contributed by atoms with Crippen LogP contribution in [0.4, 0.5) is 19.1 Å². The molecule has 0 saturated heterocycles. The van der Waals surface area contributed by atoms with Crippen LogP contribution in [0.5, 0.6) is 0 Å². The summed E-state index contributed by atoms with van der Waals surface area (Å²) in [7, 11) is 0. The van der Waals surface area contributed by atoms with E-state index in [4.69, 9.17) is 0 Å². The Kier molecular flexibility index (Phi) is 6.84. The van der Waals surface area contributed by atoms with Gasteiger partial charge in [0.15, 0.2) is 17.3 Å². The fraction of sp³-hybridized carbons (Fsp3) is 0.179. The molecular weight excluding hydrogens is 537 g/mol. The third-order valence-electron chi connectivity index (χ3n) is 6.19. The van der Waals surface area contributed by atoms with Crippen molar-refractivity contribution in [2.24, 2.45) is 0 Å². The van der Waals surface area contributed by atoms with E-state index >= 15 is 0 Å². The van der Waals surface area contributed by atoms with E-state index in [-0.39, 0.29) is 41.0 Å². The maximum atomic E-state index is 13.6. The van der Waals surface area contributed by atoms with Crippen molar-refractivity contribution >= 4 is 23.3 Å². The molecule has 206 valence electrons. The Bertz CT molecular complexity index is 1860.